The van der Waals surface area contributed by atoms with Crippen molar-refractivity contribution in [2.45, 2.75) is 19.8 Å². The molecule has 1 heteroatoms. The highest BCUT2D eigenvalue weighted by atomic mass is 14.8. The van der Waals surface area contributed by atoms with Crippen molar-refractivity contribution in [1.29, 1.82) is 0 Å². The zero-order valence-electron chi connectivity index (χ0n) is 8.93. The van der Waals surface area contributed by atoms with Crippen molar-refractivity contribution in [3.05, 3.63) is 35.4 Å². The molecule has 0 unspecified atom stereocenters. The molecule has 0 atom stereocenters. The molecule has 0 amide bonds. The lowest BCUT2D eigenvalue weighted by molar-refractivity contribution is 0.921. The summed E-state index contributed by atoms with van der Waals surface area (Å²) in [6.45, 7) is 2.94. The Kier molecular flexibility index (Phi) is 4.82. The van der Waals surface area contributed by atoms with Crippen molar-refractivity contribution >= 4 is 0 Å². The predicted molar refractivity (Wildman–Crippen MR) is 61.2 cm³/mol. The van der Waals surface area contributed by atoms with Crippen molar-refractivity contribution in [1.82, 2.24) is 5.32 Å². The van der Waals surface area contributed by atoms with E-state index in [1.165, 1.54) is 12.0 Å². The highest BCUT2D eigenvalue weighted by molar-refractivity contribution is 5.36. The summed E-state index contributed by atoms with van der Waals surface area (Å²) in [5.74, 6) is 6.14. The quantitative estimate of drug-likeness (QED) is 0.715. The summed E-state index contributed by atoms with van der Waals surface area (Å²) in [7, 11) is 1.90. The van der Waals surface area contributed by atoms with E-state index in [0.29, 0.717) is 0 Å². The van der Waals surface area contributed by atoms with Crippen molar-refractivity contribution in [3.63, 3.8) is 0 Å². The van der Waals surface area contributed by atoms with E-state index in [0.717, 1.165) is 18.5 Å². The average molecular weight is 187 g/mol. The third-order valence-corrected chi connectivity index (χ3v) is 1.99. The first kappa shape index (κ1) is 10.8. The maximum absolute atomic E-state index is 3.10. The highest BCUT2D eigenvalue weighted by Gasteiger charge is 1.90. The molecule has 1 rings (SSSR count). The Labute approximate surface area is 86.5 Å². The monoisotopic (exact) mass is 187 g/mol. The molecule has 1 N–H and O–H groups in total. The number of hydrogen-bond donors (Lipinski definition) is 1. The van der Waals surface area contributed by atoms with E-state index in [4.69, 9.17) is 0 Å². The molecule has 0 heterocycles. The molecule has 0 bridgehead atoms. The summed E-state index contributed by atoms with van der Waals surface area (Å²) in [6, 6.07) is 8.50. The number of rotatable bonds is 3. The average Bonchev–Trinajstić information content (AvgIpc) is 2.21. The number of hydrogen-bond acceptors (Lipinski definition) is 1. The molecule has 1 nitrogen and oxygen atoms in total. The van der Waals surface area contributed by atoms with Crippen LogP contribution in [-0.2, 0) is 6.42 Å². The van der Waals surface area contributed by atoms with E-state index in [9.17, 15) is 0 Å². The van der Waals surface area contributed by atoms with Crippen molar-refractivity contribution in [3.8, 4) is 11.8 Å². The largest absolute Gasteiger partial charge is 0.309 e. The van der Waals surface area contributed by atoms with Gasteiger partial charge in [0.15, 0.2) is 0 Å². The minimum atomic E-state index is 0.747. The van der Waals surface area contributed by atoms with Crippen LogP contribution < -0.4 is 5.32 Å². The Balaban J connectivity index is 2.60. The smallest absolute Gasteiger partial charge is 0.0577 e. The van der Waals surface area contributed by atoms with Gasteiger partial charge in [-0.1, -0.05) is 37.3 Å². The van der Waals surface area contributed by atoms with Gasteiger partial charge in [-0.3, -0.25) is 0 Å². The Morgan fingerprint density at radius 1 is 1.21 bits per heavy atom. The Bertz CT molecular complexity index is 313. The maximum Gasteiger partial charge on any atom is 0.0577 e. The number of nitrogens with one attached hydrogen (secondary N) is 1. The third kappa shape index (κ3) is 3.64. The second-order valence-corrected chi connectivity index (χ2v) is 3.28. The van der Waals surface area contributed by atoms with Gasteiger partial charge in [0, 0.05) is 5.56 Å². The van der Waals surface area contributed by atoms with Crippen LogP contribution in [0.2, 0.25) is 0 Å². The van der Waals surface area contributed by atoms with Crippen LogP contribution in [0.15, 0.2) is 24.3 Å². The zero-order chi connectivity index (χ0) is 10.2. The van der Waals surface area contributed by atoms with Crippen LogP contribution in [0, 0.1) is 11.8 Å². The normalized spacial score (nSPS) is 9.29. The lowest BCUT2D eigenvalue weighted by Crippen LogP contribution is -2.04. The zero-order valence-corrected chi connectivity index (χ0v) is 8.93. The van der Waals surface area contributed by atoms with E-state index >= 15 is 0 Å². The van der Waals surface area contributed by atoms with Crippen LogP contribution in [0.3, 0.4) is 0 Å². The molecule has 0 spiro atoms. The van der Waals surface area contributed by atoms with Gasteiger partial charge >= 0.3 is 0 Å². The molecule has 0 aliphatic carbocycles. The molecular weight excluding hydrogens is 170 g/mol. The molecule has 0 fully saturated rings. The Hall–Kier alpha value is -1.26. The molecule has 0 saturated heterocycles. The fourth-order valence-electron chi connectivity index (χ4n) is 1.28. The first-order chi connectivity index (χ1) is 6.86. The van der Waals surface area contributed by atoms with Crippen LogP contribution in [0.1, 0.15) is 24.5 Å². The van der Waals surface area contributed by atoms with Crippen LogP contribution in [-0.4, -0.2) is 13.6 Å². The summed E-state index contributed by atoms with van der Waals surface area (Å²) < 4.78 is 0. The summed E-state index contributed by atoms with van der Waals surface area (Å²) in [5, 5.41) is 3.00. The lowest BCUT2D eigenvalue weighted by atomic mass is 10.1. The predicted octanol–water partition coefficient (Wildman–Crippen LogP) is 2.21. The molecule has 0 aliphatic heterocycles. The van der Waals surface area contributed by atoms with Gasteiger partial charge in [-0.2, -0.15) is 0 Å². The van der Waals surface area contributed by atoms with Gasteiger partial charge in [0.1, 0.15) is 0 Å². The molecule has 74 valence electrons. The first-order valence-corrected chi connectivity index (χ1v) is 5.09. The molecule has 0 saturated carbocycles. The lowest BCUT2D eigenvalue weighted by Gasteiger charge is -1.97. The van der Waals surface area contributed by atoms with E-state index < -0.39 is 0 Å². The summed E-state index contributed by atoms with van der Waals surface area (Å²) in [5.41, 5.74) is 2.49. The molecule has 0 aromatic heterocycles. The van der Waals surface area contributed by atoms with Gasteiger partial charge in [0.05, 0.1) is 6.54 Å². The first-order valence-electron chi connectivity index (χ1n) is 5.09. The van der Waals surface area contributed by atoms with E-state index in [-0.39, 0.29) is 0 Å². The van der Waals surface area contributed by atoms with Crippen LogP contribution in [0.5, 0.6) is 0 Å². The highest BCUT2D eigenvalue weighted by Crippen LogP contribution is 2.05. The van der Waals surface area contributed by atoms with Gasteiger partial charge in [-0.25, -0.2) is 0 Å². The van der Waals surface area contributed by atoms with Crippen molar-refractivity contribution in [2.24, 2.45) is 0 Å². The topological polar surface area (TPSA) is 12.0 Å². The van der Waals surface area contributed by atoms with E-state index in [2.05, 4.69) is 48.3 Å². The molecule has 14 heavy (non-hydrogen) atoms. The van der Waals surface area contributed by atoms with E-state index in [1.54, 1.807) is 0 Å². The van der Waals surface area contributed by atoms with Gasteiger partial charge < -0.3 is 5.32 Å². The van der Waals surface area contributed by atoms with Gasteiger partial charge in [0.25, 0.3) is 0 Å². The molecule has 0 radical (unpaired) electrons. The summed E-state index contributed by atoms with van der Waals surface area (Å²) in [6.07, 6.45) is 2.36. The maximum atomic E-state index is 3.10. The van der Waals surface area contributed by atoms with Gasteiger partial charge in [-0.05, 0) is 31.2 Å². The second kappa shape index (κ2) is 6.23. The third-order valence-electron chi connectivity index (χ3n) is 1.99. The molecule has 1 aromatic carbocycles. The summed E-state index contributed by atoms with van der Waals surface area (Å²) >= 11 is 0. The Morgan fingerprint density at radius 3 is 2.50 bits per heavy atom. The van der Waals surface area contributed by atoms with Gasteiger partial charge in [0.2, 0.25) is 0 Å². The van der Waals surface area contributed by atoms with Crippen molar-refractivity contribution in [2.75, 3.05) is 13.6 Å². The summed E-state index contributed by atoms with van der Waals surface area (Å²) in [4.78, 5) is 0. The number of benzene rings is 1. The Morgan fingerprint density at radius 2 is 1.93 bits per heavy atom. The van der Waals surface area contributed by atoms with E-state index in [1.807, 2.05) is 7.05 Å². The van der Waals surface area contributed by atoms with Crippen LogP contribution in [0.25, 0.3) is 0 Å². The molecule has 0 aliphatic rings. The second-order valence-electron chi connectivity index (χ2n) is 3.28. The standard InChI is InChI=1S/C13H17N/c1-3-5-12-7-9-13(10-8-12)6-4-11-14-2/h7-10,14H,3,5,11H2,1-2H3. The molecular formula is C13H17N. The molecule has 1 aromatic rings. The van der Waals surface area contributed by atoms with Crippen LogP contribution in [0.4, 0.5) is 0 Å². The SMILES string of the molecule is CCCc1ccc(C#CCNC)cc1. The minimum Gasteiger partial charge on any atom is -0.309 e. The fraction of sp³-hybridized carbons (Fsp3) is 0.385. The fourth-order valence-corrected chi connectivity index (χ4v) is 1.28. The van der Waals surface area contributed by atoms with Crippen LogP contribution >= 0.6 is 0 Å². The minimum absolute atomic E-state index is 0.747. The van der Waals surface area contributed by atoms with Gasteiger partial charge in [-0.15, -0.1) is 0 Å². The van der Waals surface area contributed by atoms with Crippen molar-refractivity contribution < 1.29 is 0 Å². The number of aryl methyl sites for hydroxylation is 1.